The van der Waals surface area contributed by atoms with Crippen molar-refractivity contribution in [2.75, 3.05) is 7.05 Å². The second kappa shape index (κ2) is 8.85. The van der Waals surface area contributed by atoms with E-state index in [-0.39, 0.29) is 36.2 Å². The van der Waals surface area contributed by atoms with Crippen molar-refractivity contribution >= 4 is 18.3 Å². The lowest BCUT2D eigenvalue weighted by Crippen LogP contribution is -2.41. The summed E-state index contributed by atoms with van der Waals surface area (Å²) in [6.45, 7) is 1.90. The van der Waals surface area contributed by atoms with Gasteiger partial charge in [-0.05, 0) is 12.5 Å². The molecule has 1 amide bonds. The maximum Gasteiger partial charge on any atom is 0.573 e. The average molecular weight is 341 g/mol. The molecule has 0 aromatic heterocycles. The van der Waals surface area contributed by atoms with Crippen LogP contribution >= 0.6 is 12.4 Å². The van der Waals surface area contributed by atoms with Crippen LogP contribution in [-0.2, 0) is 11.3 Å². The number of nitrogens with zero attached hydrogens (tertiary/aromatic N) is 1. The molecule has 1 aromatic rings. The van der Waals surface area contributed by atoms with Gasteiger partial charge in [0.2, 0.25) is 5.91 Å². The van der Waals surface area contributed by atoms with Crippen LogP contribution in [0.2, 0.25) is 0 Å². The van der Waals surface area contributed by atoms with Gasteiger partial charge in [0.25, 0.3) is 0 Å². The summed E-state index contributed by atoms with van der Waals surface area (Å²) in [5, 5.41) is 0. The third-order valence-corrected chi connectivity index (χ3v) is 2.90. The molecule has 0 aliphatic carbocycles. The number of hydrogen-bond donors (Lipinski definition) is 1. The van der Waals surface area contributed by atoms with E-state index < -0.39 is 12.4 Å². The van der Waals surface area contributed by atoms with Crippen molar-refractivity contribution in [3.8, 4) is 5.75 Å². The number of rotatable bonds is 6. The fourth-order valence-corrected chi connectivity index (χ4v) is 1.91. The molecule has 0 bridgehead atoms. The maximum atomic E-state index is 12.3. The molecule has 1 unspecified atom stereocenters. The number of alkyl halides is 3. The van der Waals surface area contributed by atoms with Crippen molar-refractivity contribution < 1.29 is 22.7 Å². The highest BCUT2D eigenvalue weighted by atomic mass is 35.5. The third kappa shape index (κ3) is 6.53. The van der Waals surface area contributed by atoms with Crippen LogP contribution in [0.25, 0.3) is 0 Å². The minimum Gasteiger partial charge on any atom is -0.405 e. The molecule has 1 aromatic carbocycles. The van der Waals surface area contributed by atoms with E-state index in [0.29, 0.717) is 6.42 Å². The van der Waals surface area contributed by atoms with Gasteiger partial charge in [0.1, 0.15) is 5.75 Å². The van der Waals surface area contributed by atoms with Crippen LogP contribution in [0, 0.1) is 0 Å². The Labute approximate surface area is 133 Å². The number of halogens is 4. The molecule has 0 fully saturated rings. The molecule has 1 atom stereocenters. The van der Waals surface area contributed by atoms with Crippen LogP contribution in [0.1, 0.15) is 25.3 Å². The van der Waals surface area contributed by atoms with Crippen molar-refractivity contribution in [1.82, 2.24) is 4.90 Å². The standard InChI is InChI=1S/C14H19F3N2O2.ClH/c1-3-6-11(18)13(20)19(2)9-10-7-4-5-8-12(10)21-14(15,16)17;/h4-5,7-8,11H,3,6,9,18H2,1-2H3;1H. The summed E-state index contributed by atoms with van der Waals surface area (Å²) in [7, 11) is 1.50. The van der Waals surface area contributed by atoms with Crippen molar-refractivity contribution in [3.05, 3.63) is 29.8 Å². The minimum atomic E-state index is -4.77. The highest BCUT2D eigenvalue weighted by Crippen LogP contribution is 2.27. The zero-order valence-electron chi connectivity index (χ0n) is 12.4. The molecule has 1 rings (SSSR count). The Balaban J connectivity index is 0.00000441. The first kappa shape index (κ1) is 20.5. The number of hydrogen-bond acceptors (Lipinski definition) is 3. The number of carbonyl (C=O) groups is 1. The van der Waals surface area contributed by atoms with Gasteiger partial charge in [-0.1, -0.05) is 31.5 Å². The normalized spacial score (nSPS) is 12.3. The lowest BCUT2D eigenvalue weighted by atomic mass is 10.1. The Hall–Kier alpha value is -1.47. The summed E-state index contributed by atoms with van der Waals surface area (Å²) < 4.78 is 40.9. The van der Waals surface area contributed by atoms with Crippen LogP contribution in [0.5, 0.6) is 5.75 Å². The summed E-state index contributed by atoms with van der Waals surface area (Å²) >= 11 is 0. The molecule has 4 nitrogen and oxygen atoms in total. The van der Waals surface area contributed by atoms with Crippen molar-refractivity contribution in [2.24, 2.45) is 5.73 Å². The Bertz CT molecular complexity index is 483. The Morgan fingerprint density at radius 1 is 1.36 bits per heavy atom. The molecule has 0 radical (unpaired) electrons. The van der Waals surface area contributed by atoms with Crippen molar-refractivity contribution in [3.63, 3.8) is 0 Å². The Morgan fingerprint density at radius 3 is 2.50 bits per heavy atom. The predicted octanol–water partition coefficient (Wildman–Crippen LogP) is 3.09. The van der Waals surface area contributed by atoms with Gasteiger partial charge < -0.3 is 15.4 Å². The van der Waals surface area contributed by atoms with Gasteiger partial charge in [0.15, 0.2) is 0 Å². The van der Waals surface area contributed by atoms with Gasteiger partial charge in [-0.25, -0.2) is 0 Å². The van der Waals surface area contributed by atoms with Crippen LogP contribution in [0.4, 0.5) is 13.2 Å². The first-order chi connectivity index (χ1) is 9.74. The topological polar surface area (TPSA) is 55.6 Å². The van der Waals surface area contributed by atoms with Crippen LogP contribution in [0.15, 0.2) is 24.3 Å². The molecule has 0 heterocycles. The fraction of sp³-hybridized carbons (Fsp3) is 0.500. The van der Waals surface area contributed by atoms with E-state index in [1.807, 2.05) is 6.92 Å². The van der Waals surface area contributed by atoms with Crippen molar-refractivity contribution in [2.45, 2.75) is 38.7 Å². The average Bonchev–Trinajstić information content (AvgIpc) is 2.38. The van der Waals surface area contributed by atoms with Crippen LogP contribution in [0.3, 0.4) is 0 Å². The second-order valence-electron chi connectivity index (χ2n) is 4.74. The Morgan fingerprint density at radius 2 is 1.95 bits per heavy atom. The molecule has 126 valence electrons. The van der Waals surface area contributed by atoms with Crippen molar-refractivity contribution in [1.29, 1.82) is 0 Å². The highest BCUT2D eigenvalue weighted by molar-refractivity contribution is 5.85. The number of benzene rings is 1. The highest BCUT2D eigenvalue weighted by Gasteiger charge is 2.32. The summed E-state index contributed by atoms with van der Waals surface area (Å²) in [4.78, 5) is 13.3. The number of nitrogens with two attached hydrogens (primary N) is 1. The summed E-state index contributed by atoms with van der Waals surface area (Å²) in [6.07, 6.45) is -3.48. The third-order valence-electron chi connectivity index (χ3n) is 2.90. The van der Waals surface area contributed by atoms with Gasteiger partial charge in [0.05, 0.1) is 6.04 Å². The number of likely N-dealkylation sites (N-methyl/N-ethyl adjacent to an activating group) is 1. The molecular formula is C14H20ClF3N2O2. The number of ether oxygens (including phenoxy) is 1. The Kier molecular flexibility index (Phi) is 8.26. The molecule has 0 saturated heterocycles. The van der Waals surface area contributed by atoms with Gasteiger partial charge in [-0.3, -0.25) is 4.79 Å². The smallest absolute Gasteiger partial charge is 0.405 e. The molecular weight excluding hydrogens is 321 g/mol. The number of para-hydroxylation sites is 1. The minimum absolute atomic E-state index is 0. The summed E-state index contributed by atoms with van der Waals surface area (Å²) in [5.41, 5.74) is 5.99. The maximum absolute atomic E-state index is 12.3. The molecule has 0 aliphatic heterocycles. The monoisotopic (exact) mass is 340 g/mol. The SMILES string of the molecule is CCCC(N)C(=O)N(C)Cc1ccccc1OC(F)(F)F.Cl. The van der Waals surface area contributed by atoms with E-state index in [9.17, 15) is 18.0 Å². The van der Waals surface area contributed by atoms with Gasteiger partial charge in [-0.2, -0.15) is 0 Å². The van der Waals surface area contributed by atoms with E-state index in [1.54, 1.807) is 6.07 Å². The van der Waals surface area contributed by atoms with Gasteiger partial charge in [-0.15, -0.1) is 25.6 Å². The lowest BCUT2D eigenvalue weighted by molar-refractivity contribution is -0.275. The lowest BCUT2D eigenvalue weighted by Gasteiger charge is -2.22. The molecule has 22 heavy (non-hydrogen) atoms. The number of carbonyl (C=O) groups excluding carboxylic acids is 1. The fourth-order valence-electron chi connectivity index (χ4n) is 1.91. The summed E-state index contributed by atoms with van der Waals surface area (Å²) in [5.74, 6) is -0.618. The quantitative estimate of drug-likeness (QED) is 0.865. The first-order valence-corrected chi connectivity index (χ1v) is 6.58. The molecule has 0 aliphatic rings. The summed E-state index contributed by atoms with van der Waals surface area (Å²) in [6, 6.07) is 5.08. The van der Waals surface area contributed by atoms with E-state index in [0.717, 1.165) is 6.42 Å². The van der Waals surface area contributed by atoms with E-state index in [1.165, 1.54) is 30.1 Å². The molecule has 8 heteroatoms. The van der Waals surface area contributed by atoms with E-state index in [2.05, 4.69) is 4.74 Å². The first-order valence-electron chi connectivity index (χ1n) is 6.58. The van der Waals surface area contributed by atoms with Gasteiger partial charge >= 0.3 is 6.36 Å². The molecule has 0 spiro atoms. The van der Waals surface area contributed by atoms with E-state index in [4.69, 9.17) is 5.73 Å². The molecule has 0 saturated carbocycles. The van der Waals surface area contributed by atoms with Crippen LogP contribution in [-0.4, -0.2) is 30.3 Å². The largest absolute Gasteiger partial charge is 0.573 e. The van der Waals surface area contributed by atoms with Gasteiger partial charge in [0, 0.05) is 19.2 Å². The number of amides is 1. The predicted molar refractivity (Wildman–Crippen MR) is 79.7 cm³/mol. The zero-order chi connectivity index (χ0) is 16.0. The van der Waals surface area contributed by atoms with Crippen LogP contribution < -0.4 is 10.5 Å². The molecule has 2 N–H and O–H groups in total. The zero-order valence-corrected chi connectivity index (χ0v) is 13.2. The second-order valence-corrected chi connectivity index (χ2v) is 4.74. The van der Waals surface area contributed by atoms with E-state index >= 15 is 0 Å².